The molecule has 0 bridgehead atoms. The Bertz CT molecular complexity index is 838. The van der Waals surface area contributed by atoms with E-state index in [-0.39, 0.29) is 11.0 Å². The molecule has 3 nitrogen and oxygen atoms in total. The third-order valence-corrected chi connectivity index (χ3v) is 17.5. The molecule has 0 radical (unpaired) electrons. The second-order valence-electron chi connectivity index (χ2n) is 12.4. The van der Waals surface area contributed by atoms with Gasteiger partial charge in [-0.3, -0.25) is 4.79 Å². The van der Waals surface area contributed by atoms with E-state index in [0.717, 1.165) is 24.7 Å². The van der Waals surface area contributed by atoms with Crippen molar-refractivity contribution in [2.24, 2.45) is 11.8 Å². The molecule has 4 atom stereocenters. The third kappa shape index (κ3) is 5.91. The molecule has 1 aromatic carbocycles. The van der Waals surface area contributed by atoms with Crippen molar-refractivity contribution in [1.82, 2.24) is 0 Å². The van der Waals surface area contributed by atoms with E-state index in [0.29, 0.717) is 18.1 Å². The van der Waals surface area contributed by atoms with Crippen LogP contribution < -0.4 is 5.19 Å². The van der Waals surface area contributed by atoms with E-state index in [1.807, 2.05) is 0 Å². The molecule has 184 valence electrons. The Kier molecular flexibility index (Phi) is 8.18. The maximum atomic E-state index is 11.6. The molecular weight excluding hydrogens is 440 g/mol. The van der Waals surface area contributed by atoms with Crippen molar-refractivity contribution >= 4 is 27.5 Å². The first-order chi connectivity index (χ1) is 15.4. The lowest BCUT2D eigenvalue weighted by Gasteiger charge is -2.39. The van der Waals surface area contributed by atoms with Crippen LogP contribution in [0.5, 0.6) is 0 Å². The van der Waals surface area contributed by atoms with E-state index in [1.54, 1.807) is 10.8 Å². The molecule has 0 aromatic heterocycles. The molecule has 2 saturated carbocycles. The minimum atomic E-state index is -1.75. The second kappa shape index (κ2) is 10.2. The van der Waals surface area contributed by atoms with Gasteiger partial charge in [0.1, 0.15) is 0 Å². The highest BCUT2D eigenvalue weighted by molar-refractivity contribution is 6.91. The largest absolute Gasteiger partial charge is 0.469 e. The summed E-state index contributed by atoms with van der Waals surface area (Å²) in [6.07, 6.45) is 8.93. The number of ether oxygens (including phenoxy) is 1. The van der Waals surface area contributed by atoms with Gasteiger partial charge < -0.3 is 9.16 Å². The van der Waals surface area contributed by atoms with Gasteiger partial charge in [-0.05, 0) is 67.6 Å². The second-order valence-corrected chi connectivity index (χ2v) is 21.8. The van der Waals surface area contributed by atoms with Gasteiger partial charge >= 0.3 is 5.97 Å². The molecule has 2 aliphatic carbocycles. The first-order valence-corrected chi connectivity index (χ1v) is 18.8. The fourth-order valence-electron chi connectivity index (χ4n) is 6.03. The molecule has 2 unspecified atom stereocenters. The number of carbonyl (C=O) groups excluding carboxylic acids is 1. The molecule has 0 amide bonds. The summed E-state index contributed by atoms with van der Waals surface area (Å²) in [4.78, 5) is 11.6. The summed E-state index contributed by atoms with van der Waals surface area (Å²) in [6.45, 7) is 17.0. The number of unbranched alkanes of at least 4 members (excludes halogenated alkanes) is 1. The number of fused-ring (bicyclic) bond motifs is 1. The maximum absolute atomic E-state index is 11.6. The number of allylic oxidation sites excluding steroid dienone is 2. The van der Waals surface area contributed by atoms with E-state index >= 15 is 0 Å². The number of esters is 1. The molecule has 2 aliphatic rings. The smallest absolute Gasteiger partial charge is 0.305 e. The Balaban J connectivity index is 1.81. The van der Waals surface area contributed by atoms with Gasteiger partial charge in [0.15, 0.2) is 8.32 Å². The van der Waals surface area contributed by atoms with Gasteiger partial charge in [-0.25, -0.2) is 0 Å². The van der Waals surface area contributed by atoms with Crippen LogP contribution in [0.2, 0.25) is 36.8 Å². The van der Waals surface area contributed by atoms with Crippen molar-refractivity contribution in [3.63, 3.8) is 0 Å². The number of rotatable bonds is 8. The minimum absolute atomic E-state index is 0.0992. The molecule has 0 saturated heterocycles. The summed E-state index contributed by atoms with van der Waals surface area (Å²) in [7, 11) is -1.99. The number of benzene rings is 1. The molecule has 1 aromatic rings. The van der Waals surface area contributed by atoms with Gasteiger partial charge in [0.25, 0.3) is 0 Å². The predicted molar refractivity (Wildman–Crippen MR) is 144 cm³/mol. The molecule has 33 heavy (non-hydrogen) atoms. The van der Waals surface area contributed by atoms with Crippen molar-refractivity contribution in [2.75, 3.05) is 7.11 Å². The SMILES string of the molecule is COC(=O)CCC/C=C1\CC2C[C@@H](O[Si](C)(C)C(C)(C)C)CC2[C@@H]1[Si](C)(C)c1ccccc1. The highest BCUT2D eigenvalue weighted by Gasteiger charge is 2.53. The average molecular weight is 487 g/mol. The van der Waals surface area contributed by atoms with Gasteiger partial charge in [-0.1, -0.05) is 81.0 Å². The molecule has 0 spiro atoms. The first-order valence-electron chi connectivity index (χ1n) is 12.9. The predicted octanol–water partition coefficient (Wildman–Crippen LogP) is 7.06. The van der Waals surface area contributed by atoms with E-state index in [4.69, 9.17) is 9.16 Å². The van der Waals surface area contributed by atoms with Crippen LogP contribution in [0.25, 0.3) is 0 Å². The molecule has 3 rings (SSSR count). The molecular formula is C28H46O3Si2. The number of hydrogen-bond acceptors (Lipinski definition) is 3. The van der Waals surface area contributed by atoms with Crippen LogP contribution >= 0.6 is 0 Å². The van der Waals surface area contributed by atoms with Crippen LogP contribution in [0.1, 0.15) is 59.3 Å². The zero-order valence-corrected chi connectivity index (χ0v) is 24.2. The van der Waals surface area contributed by atoms with Gasteiger partial charge in [0.2, 0.25) is 0 Å². The van der Waals surface area contributed by atoms with Gasteiger partial charge in [-0.2, -0.15) is 0 Å². The third-order valence-electron chi connectivity index (χ3n) is 8.81. The number of carbonyl (C=O) groups is 1. The van der Waals surface area contributed by atoms with Crippen LogP contribution in [-0.2, 0) is 14.0 Å². The van der Waals surface area contributed by atoms with E-state index in [1.165, 1.54) is 26.4 Å². The maximum Gasteiger partial charge on any atom is 0.305 e. The summed E-state index contributed by atoms with van der Waals surface area (Å²) in [5.74, 6) is 1.37. The lowest BCUT2D eigenvalue weighted by Crippen LogP contribution is -2.48. The highest BCUT2D eigenvalue weighted by Crippen LogP contribution is 2.58. The quantitative estimate of drug-likeness (QED) is 0.171. The topological polar surface area (TPSA) is 35.5 Å². The van der Waals surface area contributed by atoms with Crippen LogP contribution in [-0.4, -0.2) is 35.6 Å². The lowest BCUT2D eigenvalue weighted by molar-refractivity contribution is -0.140. The summed E-state index contributed by atoms with van der Waals surface area (Å²) >= 11 is 0. The van der Waals surface area contributed by atoms with Gasteiger partial charge in [-0.15, -0.1) is 0 Å². The summed E-state index contributed by atoms with van der Waals surface area (Å²) < 4.78 is 11.8. The standard InChI is InChI=1S/C28H46O3Si2/c1-28(2,3)33(7,8)31-23-19-22-18-21(14-12-13-17-26(29)30-4)27(25(22)20-23)32(5,6)24-15-10-9-11-16-24/h9-11,14-16,22-23,25,27H,12-13,17-20H2,1-8H3/b21-14+/t22?,23-,25?,27-/m1/s1. The molecule has 0 N–H and O–H groups in total. The number of hydrogen-bond donors (Lipinski definition) is 0. The van der Waals surface area contributed by atoms with Crippen LogP contribution in [0.15, 0.2) is 42.0 Å². The Morgan fingerprint density at radius 1 is 1.09 bits per heavy atom. The van der Waals surface area contributed by atoms with Crippen molar-refractivity contribution in [2.45, 2.75) is 102 Å². The minimum Gasteiger partial charge on any atom is -0.469 e. The van der Waals surface area contributed by atoms with Crippen molar-refractivity contribution in [3.8, 4) is 0 Å². The van der Waals surface area contributed by atoms with E-state index in [9.17, 15) is 4.79 Å². The van der Waals surface area contributed by atoms with Crippen LogP contribution in [0.3, 0.4) is 0 Å². The van der Waals surface area contributed by atoms with Crippen molar-refractivity contribution in [1.29, 1.82) is 0 Å². The number of methoxy groups -OCH3 is 1. The molecule has 2 fully saturated rings. The Morgan fingerprint density at radius 3 is 2.36 bits per heavy atom. The average Bonchev–Trinajstić information content (AvgIpc) is 3.26. The Hall–Kier alpha value is -1.18. The monoisotopic (exact) mass is 486 g/mol. The molecule has 0 heterocycles. The summed E-state index contributed by atoms with van der Waals surface area (Å²) in [5, 5.41) is 1.82. The van der Waals surface area contributed by atoms with Crippen LogP contribution in [0.4, 0.5) is 0 Å². The van der Waals surface area contributed by atoms with Crippen LogP contribution in [0, 0.1) is 11.8 Å². The zero-order chi connectivity index (χ0) is 24.4. The highest BCUT2D eigenvalue weighted by atomic mass is 28.4. The Morgan fingerprint density at radius 2 is 1.76 bits per heavy atom. The fraction of sp³-hybridized carbons (Fsp3) is 0.679. The zero-order valence-electron chi connectivity index (χ0n) is 22.2. The molecule has 0 aliphatic heterocycles. The normalized spacial score (nSPS) is 27.1. The first kappa shape index (κ1) is 26.4. The van der Waals surface area contributed by atoms with Crippen molar-refractivity contribution in [3.05, 3.63) is 42.0 Å². The summed E-state index contributed by atoms with van der Waals surface area (Å²) in [6, 6.07) is 11.2. The summed E-state index contributed by atoms with van der Waals surface area (Å²) in [5.41, 5.74) is 2.33. The van der Waals surface area contributed by atoms with E-state index < -0.39 is 16.4 Å². The van der Waals surface area contributed by atoms with E-state index in [2.05, 4.69) is 83.4 Å². The fourth-order valence-corrected chi connectivity index (χ4v) is 11.5. The lowest BCUT2D eigenvalue weighted by atomic mass is 10.0. The Labute approximate surface area is 204 Å². The van der Waals surface area contributed by atoms with Crippen molar-refractivity contribution < 1.29 is 14.0 Å². The van der Waals surface area contributed by atoms with Gasteiger partial charge in [0.05, 0.1) is 15.2 Å². The molecule has 5 heteroatoms. The van der Waals surface area contributed by atoms with Gasteiger partial charge in [0, 0.05) is 12.5 Å².